The molecular weight excluding hydrogens is 253 g/mol. The van der Waals surface area contributed by atoms with Crippen LogP contribution in [0.5, 0.6) is 0 Å². The molecule has 98 valence electrons. The van der Waals surface area contributed by atoms with E-state index in [9.17, 15) is 9.18 Å². The molecule has 0 aliphatic heterocycles. The Bertz CT molecular complexity index is 768. The lowest BCUT2D eigenvalue weighted by molar-refractivity contribution is 0.102. The average molecular weight is 265 g/mol. The van der Waals surface area contributed by atoms with E-state index in [1.165, 1.54) is 12.1 Å². The van der Waals surface area contributed by atoms with E-state index in [4.69, 9.17) is 0 Å². The molecule has 0 bridgehead atoms. The Morgan fingerprint density at radius 1 is 0.800 bits per heavy atom. The molecule has 3 aromatic carbocycles. The standard InChI is InChI=1S/C17H12FNO/c18-16-11-10-15(13-8-4-5-9-14(13)16)17(20)19-12-6-2-1-3-7-12/h1-11H,(H,19,20). The number of benzene rings is 3. The summed E-state index contributed by atoms with van der Waals surface area (Å²) in [5.41, 5.74) is 1.18. The number of fused-ring (bicyclic) bond motifs is 1. The van der Waals surface area contributed by atoms with Crippen LogP contribution >= 0.6 is 0 Å². The molecule has 20 heavy (non-hydrogen) atoms. The first kappa shape index (κ1) is 12.4. The molecule has 3 heteroatoms. The van der Waals surface area contributed by atoms with E-state index in [2.05, 4.69) is 5.32 Å². The molecule has 0 fully saturated rings. The van der Waals surface area contributed by atoms with Crippen molar-refractivity contribution in [3.8, 4) is 0 Å². The molecule has 0 aromatic heterocycles. The third-order valence-electron chi connectivity index (χ3n) is 3.15. The lowest BCUT2D eigenvalue weighted by Gasteiger charge is -2.08. The number of hydrogen-bond acceptors (Lipinski definition) is 1. The van der Waals surface area contributed by atoms with Crippen molar-refractivity contribution in [2.24, 2.45) is 0 Å². The van der Waals surface area contributed by atoms with Crippen LogP contribution in [0.3, 0.4) is 0 Å². The summed E-state index contributed by atoms with van der Waals surface area (Å²) >= 11 is 0. The van der Waals surface area contributed by atoms with Crippen LogP contribution in [0, 0.1) is 5.82 Å². The highest BCUT2D eigenvalue weighted by Gasteiger charge is 2.12. The Morgan fingerprint density at radius 2 is 1.45 bits per heavy atom. The highest BCUT2D eigenvalue weighted by Crippen LogP contribution is 2.22. The van der Waals surface area contributed by atoms with Gasteiger partial charge < -0.3 is 5.32 Å². The third kappa shape index (κ3) is 2.26. The largest absolute Gasteiger partial charge is 0.322 e. The van der Waals surface area contributed by atoms with Gasteiger partial charge in [-0.2, -0.15) is 0 Å². The van der Waals surface area contributed by atoms with Gasteiger partial charge in [0.25, 0.3) is 5.91 Å². The van der Waals surface area contributed by atoms with E-state index in [0.717, 1.165) is 0 Å². The molecule has 0 heterocycles. The van der Waals surface area contributed by atoms with Crippen molar-refractivity contribution in [1.29, 1.82) is 0 Å². The van der Waals surface area contributed by atoms with Crippen LogP contribution in [-0.4, -0.2) is 5.91 Å². The first-order chi connectivity index (χ1) is 9.75. The smallest absolute Gasteiger partial charge is 0.256 e. The fraction of sp³-hybridized carbons (Fsp3) is 0. The van der Waals surface area contributed by atoms with Gasteiger partial charge in [-0.3, -0.25) is 4.79 Å². The van der Waals surface area contributed by atoms with Crippen molar-refractivity contribution >= 4 is 22.4 Å². The zero-order valence-corrected chi connectivity index (χ0v) is 10.6. The summed E-state index contributed by atoms with van der Waals surface area (Å²) in [4.78, 5) is 12.3. The molecule has 0 radical (unpaired) electrons. The molecule has 0 spiro atoms. The summed E-state index contributed by atoms with van der Waals surface area (Å²) in [5, 5.41) is 3.87. The highest BCUT2D eigenvalue weighted by atomic mass is 19.1. The number of rotatable bonds is 2. The Hall–Kier alpha value is -2.68. The van der Waals surface area contributed by atoms with Crippen molar-refractivity contribution in [2.45, 2.75) is 0 Å². The first-order valence-corrected chi connectivity index (χ1v) is 6.29. The summed E-state index contributed by atoms with van der Waals surface area (Å²) < 4.78 is 13.7. The Kier molecular flexibility index (Phi) is 3.17. The van der Waals surface area contributed by atoms with Crippen LogP contribution in [0.4, 0.5) is 10.1 Å². The Balaban J connectivity index is 2.02. The molecule has 0 aliphatic carbocycles. The zero-order chi connectivity index (χ0) is 13.9. The predicted molar refractivity (Wildman–Crippen MR) is 78.3 cm³/mol. The van der Waals surface area contributed by atoms with Gasteiger partial charge in [-0.1, -0.05) is 42.5 Å². The highest BCUT2D eigenvalue weighted by molar-refractivity contribution is 6.13. The second-order valence-electron chi connectivity index (χ2n) is 4.46. The molecule has 1 N–H and O–H groups in total. The van der Waals surface area contributed by atoms with Gasteiger partial charge in [0, 0.05) is 16.6 Å². The number of anilines is 1. The van der Waals surface area contributed by atoms with Gasteiger partial charge in [-0.15, -0.1) is 0 Å². The van der Waals surface area contributed by atoms with Gasteiger partial charge in [-0.05, 0) is 29.7 Å². The molecule has 0 aliphatic rings. The maximum atomic E-state index is 13.7. The minimum atomic E-state index is -0.322. The zero-order valence-electron chi connectivity index (χ0n) is 10.6. The van der Waals surface area contributed by atoms with Gasteiger partial charge in [0.15, 0.2) is 0 Å². The number of para-hydroxylation sites is 1. The van der Waals surface area contributed by atoms with Gasteiger partial charge >= 0.3 is 0 Å². The van der Waals surface area contributed by atoms with Crippen molar-refractivity contribution < 1.29 is 9.18 Å². The molecule has 0 saturated carbocycles. The molecule has 0 saturated heterocycles. The normalized spacial score (nSPS) is 10.4. The first-order valence-electron chi connectivity index (χ1n) is 6.29. The molecule has 3 aromatic rings. The Labute approximate surface area is 115 Å². The minimum Gasteiger partial charge on any atom is -0.322 e. The summed E-state index contributed by atoms with van der Waals surface area (Å²) in [5.74, 6) is -0.565. The molecule has 3 rings (SSSR count). The van der Waals surface area contributed by atoms with Crippen molar-refractivity contribution in [3.05, 3.63) is 78.1 Å². The fourth-order valence-electron chi connectivity index (χ4n) is 2.18. The predicted octanol–water partition coefficient (Wildman–Crippen LogP) is 4.23. The molecule has 2 nitrogen and oxygen atoms in total. The van der Waals surface area contributed by atoms with Crippen molar-refractivity contribution in [1.82, 2.24) is 0 Å². The van der Waals surface area contributed by atoms with Crippen LogP contribution < -0.4 is 5.32 Å². The van der Waals surface area contributed by atoms with E-state index in [-0.39, 0.29) is 11.7 Å². The van der Waals surface area contributed by atoms with Crippen molar-refractivity contribution in [2.75, 3.05) is 5.32 Å². The van der Waals surface area contributed by atoms with Crippen molar-refractivity contribution in [3.63, 3.8) is 0 Å². The number of halogens is 1. The number of amides is 1. The number of hydrogen-bond donors (Lipinski definition) is 1. The van der Waals surface area contributed by atoms with Gasteiger partial charge in [0.1, 0.15) is 5.82 Å². The molecule has 1 amide bonds. The third-order valence-corrected chi connectivity index (χ3v) is 3.15. The second kappa shape index (κ2) is 5.13. The fourth-order valence-corrected chi connectivity index (χ4v) is 2.18. The second-order valence-corrected chi connectivity index (χ2v) is 4.46. The number of carbonyl (C=O) groups is 1. The van der Waals surface area contributed by atoms with Gasteiger partial charge in [-0.25, -0.2) is 4.39 Å². The monoisotopic (exact) mass is 265 g/mol. The number of carbonyl (C=O) groups excluding carboxylic acids is 1. The average Bonchev–Trinajstić information content (AvgIpc) is 2.49. The molecule has 0 atom stereocenters. The lowest BCUT2D eigenvalue weighted by Crippen LogP contribution is -2.12. The summed E-state index contributed by atoms with van der Waals surface area (Å²) in [6.45, 7) is 0. The van der Waals surface area contributed by atoms with E-state index in [0.29, 0.717) is 22.0 Å². The van der Waals surface area contributed by atoms with E-state index >= 15 is 0 Å². The maximum Gasteiger partial charge on any atom is 0.256 e. The van der Waals surface area contributed by atoms with E-state index in [1.807, 2.05) is 30.3 Å². The SMILES string of the molecule is O=C(Nc1ccccc1)c1ccc(F)c2ccccc12. The summed E-state index contributed by atoms with van der Waals surface area (Å²) in [6, 6.07) is 19.0. The summed E-state index contributed by atoms with van der Waals surface area (Å²) in [7, 11) is 0. The molecular formula is C17H12FNO. The van der Waals surface area contributed by atoms with E-state index in [1.54, 1.807) is 24.3 Å². The van der Waals surface area contributed by atoms with Crippen LogP contribution in [0.2, 0.25) is 0 Å². The van der Waals surface area contributed by atoms with Crippen LogP contribution in [0.25, 0.3) is 10.8 Å². The minimum absolute atomic E-state index is 0.243. The maximum absolute atomic E-state index is 13.7. The number of nitrogens with one attached hydrogen (secondary N) is 1. The summed E-state index contributed by atoms with van der Waals surface area (Å²) in [6.07, 6.45) is 0. The van der Waals surface area contributed by atoms with E-state index < -0.39 is 0 Å². The topological polar surface area (TPSA) is 29.1 Å². The van der Waals surface area contributed by atoms with Crippen LogP contribution in [-0.2, 0) is 0 Å². The quantitative estimate of drug-likeness (QED) is 0.738. The van der Waals surface area contributed by atoms with Gasteiger partial charge in [0.05, 0.1) is 0 Å². The van der Waals surface area contributed by atoms with Gasteiger partial charge in [0.2, 0.25) is 0 Å². The molecule has 0 unspecified atom stereocenters. The van der Waals surface area contributed by atoms with Crippen LogP contribution in [0.15, 0.2) is 66.7 Å². The van der Waals surface area contributed by atoms with Crippen LogP contribution in [0.1, 0.15) is 10.4 Å². The Morgan fingerprint density at radius 3 is 2.20 bits per heavy atom. The lowest BCUT2D eigenvalue weighted by atomic mass is 10.0.